The topological polar surface area (TPSA) is 29.5 Å². The van der Waals surface area contributed by atoms with E-state index in [4.69, 9.17) is 4.74 Å². The molecular formula is C13H16O2. The van der Waals surface area contributed by atoms with Crippen molar-refractivity contribution in [3.05, 3.63) is 29.8 Å². The molecule has 0 spiro atoms. The van der Waals surface area contributed by atoms with Crippen LogP contribution in [-0.4, -0.2) is 11.2 Å². The van der Waals surface area contributed by atoms with E-state index in [1.807, 2.05) is 24.3 Å². The van der Waals surface area contributed by atoms with Gasteiger partial charge in [0.05, 0.1) is 6.10 Å². The first-order chi connectivity index (χ1) is 7.34. The summed E-state index contributed by atoms with van der Waals surface area (Å²) in [6.07, 6.45) is 4.52. The molecule has 1 aliphatic heterocycles. The maximum Gasteiger partial charge on any atom is 0.125 e. The first-order valence-electron chi connectivity index (χ1n) is 5.78. The molecule has 0 unspecified atom stereocenters. The Kier molecular flexibility index (Phi) is 2.17. The molecule has 0 radical (unpaired) electrons. The normalized spacial score (nSPS) is 30.2. The van der Waals surface area contributed by atoms with E-state index in [-0.39, 0.29) is 12.2 Å². The number of rotatable bonds is 1. The van der Waals surface area contributed by atoms with E-state index in [0.29, 0.717) is 5.92 Å². The summed E-state index contributed by atoms with van der Waals surface area (Å²) in [5.41, 5.74) is 0.952. The summed E-state index contributed by atoms with van der Waals surface area (Å²) in [5, 5.41) is 10.0. The van der Waals surface area contributed by atoms with E-state index in [1.165, 1.54) is 19.3 Å². The molecule has 1 fully saturated rings. The van der Waals surface area contributed by atoms with Crippen LogP contribution in [0.1, 0.15) is 37.4 Å². The summed E-state index contributed by atoms with van der Waals surface area (Å²) in [5.74, 6) is 1.56. The van der Waals surface area contributed by atoms with Gasteiger partial charge in [0.1, 0.15) is 11.9 Å². The minimum Gasteiger partial charge on any atom is -0.490 e. The van der Waals surface area contributed by atoms with Crippen molar-refractivity contribution in [2.45, 2.75) is 37.9 Å². The zero-order valence-corrected chi connectivity index (χ0v) is 8.73. The van der Waals surface area contributed by atoms with Crippen LogP contribution in [0.25, 0.3) is 0 Å². The maximum absolute atomic E-state index is 10.0. The number of aliphatic hydroxyl groups excluding tert-OH is 1. The third kappa shape index (κ3) is 1.53. The van der Waals surface area contributed by atoms with Gasteiger partial charge in [-0.1, -0.05) is 24.6 Å². The van der Waals surface area contributed by atoms with Gasteiger partial charge in [-0.15, -0.1) is 0 Å². The van der Waals surface area contributed by atoms with Gasteiger partial charge in [0.15, 0.2) is 0 Å². The summed E-state index contributed by atoms with van der Waals surface area (Å²) in [7, 11) is 0. The van der Waals surface area contributed by atoms with Crippen molar-refractivity contribution in [1.82, 2.24) is 0 Å². The molecule has 15 heavy (non-hydrogen) atoms. The first-order valence-corrected chi connectivity index (χ1v) is 5.78. The van der Waals surface area contributed by atoms with Crippen molar-refractivity contribution in [1.29, 1.82) is 0 Å². The molecule has 0 bridgehead atoms. The molecule has 0 amide bonds. The Morgan fingerprint density at radius 3 is 2.73 bits per heavy atom. The highest BCUT2D eigenvalue weighted by atomic mass is 16.5. The second-order valence-electron chi connectivity index (χ2n) is 4.64. The van der Waals surface area contributed by atoms with E-state index < -0.39 is 0 Å². The minimum atomic E-state index is -0.333. The second kappa shape index (κ2) is 3.53. The van der Waals surface area contributed by atoms with Gasteiger partial charge < -0.3 is 9.84 Å². The lowest BCUT2D eigenvalue weighted by Gasteiger charge is -2.38. The third-order valence-corrected chi connectivity index (χ3v) is 3.69. The van der Waals surface area contributed by atoms with Gasteiger partial charge >= 0.3 is 0 Å². The number of hydrogen-bond acceptors (Lipinski definition) is 2. The first kappa shape index (κ1) is 9.22. The zero-order chi connectivity index (χ0) is 10.3. The fourth-order valence-corrected chi connectivity index (χ4v) is 2.52. The highest BCUT2D eigenvalue weighted by molar-refractivity contribution is 5.37. The van der Waals surface area contributed by atoms with Crippen LogP contribution in [-0.2, 0) is 0 Å². The third-order valence-electron chi connectivity index (χ3n) is 3.69. The maximum atomic E-state index is 10.0. The SMILES string of the molecule is O[C@H]1C[C@@H](C2CCC2)Oc2ccccc21. The highest BCUT2D eigenvalue weighted by Gasteiger charge is 2.34. The lowest BCUT2D eigenvalue weighted by Crippen LogP contribution is -2.36. The predicted molar refractivity (Wildman–Crippen MR) is 57.8 cm³/mol. The lowest BCUT2D eigenvalue weighted by atomic mass is 9.78. The Labute approximate surface area is 89.9 Å². The van der Waals surface area contributed by atoms with Crippen LogP contribution in [0.15, 0.2) is 24.3 Å². The van der Waals surface area contributed by atoms with Crippen LogP contribution >= 0.6 is 0 Å². The summed E-state index contributed by atoms with van der Waals surface area (Å²) < 4.78 is 5.95. The van der Waals surface area contributed by atoms with Crippen LogP contribution in [0, 0.1) is 5.92 Å². The molecule has 2 heteroatoms. The largest absolute Gasteiger partial charge is 0.490 e. The molecule has 1 N–H and O–H groups in total. The average Bonchev–Trinajstić information content (AvgIpc) is 2.15. The van der Waals surface area contributed by atoms with Gasteiger partial charge in [0, 0.05) is 12.0 Å². The van der Waals surface area contributed by atoms with Crippen molar-refractivity contribution < 1.29 is 9.84 Å². The van der Waals surface area contributed by atoms with Gasteiger partial charge in [-0.3, -0.25) is 0 Å². The van der Waals surface area contributed by atoms with Crippen LogP contribution in [0.4, 0.5) is 0 Å². The molecular weight excluding hydrogens is 188 g/mol. The van der Waals surface area contributed by atoms with Crippen molar-refractivity contribution in [3.63, 3.8) is 0 Å². The van der Waals surface area contributed by atoms with Crippen molar-refractivity contribution in [2.75, 3.05) is 0 Å². The van der Waals surface area contributed by atoms with Gasteiger partial charge in [-0.2, -0.15) is 0 Å². The Morgan fingerprint density at radius 1 is 1.20 bits per heavy atom. The molecule has 1 saturated carbocycles. The molecule has 0 aromatic heterocycles. The zero-order valence-electron chi connectivity index (χ0n) is 8.73. The van der Waals surface area contributed by atoms with Gasteiger partial charge in [-0.05, 0) is 24.8 Å². The monoisotopic (exact) mass is 204 g/mol. The molecule has 1 aromatic rings. The molecule has 2 nitrogen and oxygen atoms in total. The van der Waals surface area contributed by atoms with E-state index in [9.17, 15) is 5.11 Å². The van der Waals surface area contributed by atoms with E-state index in [2.05, 4.69) is 0 Å². The number of ether oxygens (including phenoxy) is 1. The van der Waals surface area contributed by atoms with E-state index >= 15 is 0 Å². The van der Waals surface area contributed by atoms with Crippen molar-refractivity contribution >= 4 is 0 Å². The van der Waals surface area contributed by atoms with Crippen molar-refractivity contribution in [2.24, 2.45) is 5.92 Å². The second-order valence-corrected chi connectivity index (χ2v) is 4.64. The Morgan fingerprint density at radius 2 is 2.00 bits per heavy atom. The number of hydrogen-bond donors (Lipinski definition) is 1. The summed E-state index contributed by atoms with van der Waals surface area (Å²) in [6, 6.07) is 7.84. The van der Waals surface area contributed by atoms with E-state index in [0.717, 1.165) is 17.7 Å². The van der Waals surface area contributed by atoms with Gasteiger partial charge in [0.25, 0.3) is 0 Å². The molecule has 1 heterocycles. The number of aliphatic hydroxyl groups is 1. The fourth-order valence-electron chi connectivity index (χ4n) is 2.52. The lowest BCUT2D eigenvalue weighted by molar-refractivity contribution is 0.0106. The molecule has 1 aromatic carbocycles. The Bertz CT molecular complexity index is 357. The Hall–Kier alpha value is -1.02. The molecule has 0 saturated heterocycles. The number of benzene rings is 1. The predicted octanol–water partition coefficient (Wildman–Crippen LogP) is 2.67. The number of fused-ring (bicyclic) bond motifs is 1. The standard InChI is InChI=1S/C13H16O2/c14-11-8-13(9-4-3-5-9)15-12-7-2-1-6-10(11)12/h1-2,6-7,9,11,13-14H,3-5,8H2/t11-,13-/m0/s1. The van der Waals surface area contributed by atoms with Crippen LogP contribution in [0.2, 0.25) is 0 Å². The molecule has 80 valence electrons. The van der Waals surface area contributed by atoms with Crippen LogP contribution in [0.3, 0.4) is 0 Å². The number of para-hydroxylation sites is 1. The van der Waals surface area contributed by atoms with Crippen LogP contribution < -0.4 is 4.74 Å². The summed E-state index contributed by atoms with van der Waals surface area (Å²) >= 11 is 0. The Balaban J connectivity index is 1.85. The molecule has 1 aliphatic carbocycles. The minimum absolute atomic E-state index is 0.239. The van der Waals surface area contributed by atoms with Crippen LogP contribution in [0.5, 0.6) is 5.75 Å². The smallest absolute Gasteiger partial charge is 0.125 e. The van der Waals surface area contributed by atoms with Gasteiger partial charge in [0.2, 0.25) is 0 Å². The van der Waals surface area contributed by atoms with Gasteiger partial charge in [-0.25, -0.2) is 0 Å². The molecule has 3 rings (SSSR count). The molecule has 2 atom stereocenters. The molecule has 2 aliphatic rings. The quantitative estimate of drug-likeness (QED) is 0.762. The van der Waals surface area contributed by atoms with E-state index in [1.54, 1.807) is 0 Å². The summed E-state index contributed by atoms with van der Waals surface area (Å²) in [6.45, 7) is 0. The van der Waals surface area contributed by atoms with Crippen molar-refractivity contribution in [3.8, 4) is 5.75 Å². The highest BCUT2D eigenvalue weighted by Crippen LogP contribution is 2.41. The average molecular weight is 204 g/mol. The summed E-state index contributed by atoms with van der Waals surface area (Å²) in [4.78, 5) is 0. The fraction of sp³-hybridized carbons (Fsp3) is 0.538.